The van der Waals surface area contributed by atoms with E-state index in [1.807, 2.05) is 42.5 Å². The zero-order valence-electron chi connectivity index (χ0n) is 41.0. The highest BCUT2D eigenvalue weighted by molar-refractivity contribution is 6.23. The van der Waals surface area contributed by atoms with Crippen LogP contribution in [0.4, 0.5) is 10.2 Å². The number of hydrogen-bond acceptors (Lipinski definition) is 16. The molecule has 8 heterocycles. The number of pyridine rings is 1. The first-order chi connectivity index (χ1) is 36.0. The molecule has 5 amide bonds. The minimum atomic E-state index is -1.04. The van der Waals surface area contributed by atoms with Crippen molar-refractivity contribution in [1.29, 1.82) is 0 Å². The Kier molecular flexibility index (Phi) is 15.0. The van der Waals surface area contributed by atoms with Crippen molar-refractivity contribution in [1.82, 2.24) is 45.6 Å². The van der Waals surface area contributed by atoms with Gasteiger partial charge in [-0.25, -0.2) is 4.39 Å². The molecule has 2 bridgehead atoms. The monoisotopic (exact) mass is 1010 g/mol. The van der Waals surface area contributed by atoms with Crippen molar-refractivity contribution in [3.05, 3.63) is 83.8 Å². The molecule has 388 valence electrons. The zero-order chi connectivity index (χ0) is 51.5. The number of carbonyl (C=O) groups is 6. The number of carboxylic acid groups (broad SMARTS) is 1. The van der Waals surface area contributed by atoms with Crippen LogP contribution in [-0.4, -0.2) is 174 Å². The van der Waals surface area contributed by atoms with Crippen LogP contribution in [0.25, 0.3) is 32.9 Å². The Balaban J connectivity index is 0.00000204. The second-order valence-electron chi connectivity index (χ2n) is 19.7. The summed E-state index contributed by atoms with van der Waals surface area (Å²) < 4.78 is 34.8. The van der Waals surface area contributed by atoms with E-state index in [4.69, 9.17) is 39.1 Å². The maximum absolute atomic E-state index is 16.9. The highest BCUT2D eigenvalue weighted by Gasteiger charge is 2.45. The van der Waals surface area contributed by atoms with E-state index in [1.54, 1.807) is 12.3 Å². The molecule has 3 aromatic carbocycles. The lowest BCUT2D eigenvalue weighted by Crippen LogP contribution is -2.54. The lowest BCUT2D eigenvalue weighted by Gasteiger charge is -2.35. The summed E-state index contributed by atoms with van der Waals surface area (Å²) in [6.45, 7) is 5.18. The van der Waals surface area contributed by atoms with Gasteiger partial charge in [-0.2, -0.15) is 9.97 Å². The SMILES string of the molecule is CN1C[C@@H](N2CCC(C(=O)NCCOCCOc3ccc4c(c3)C(=O)N(C3CCC(=O)NC3=O)C4=O)CC2)C[C@H]1COc1nc(N2CC3CCC(C2)N3)c2cnc(-c3cccc4ccccc34)c(F)c2n1.O=CO. The van der Waals surface area contributed by atoms with Gasteiger partial charge in [-0.1, -0.05) is 42.5 Å². The first-order valence-corrected chi connectivity index (χ1v) is 25.3. The number of amides is 5. The Morgan fingerprint density at radius 3 is 2.41 bits per heavy atom. The number of rotatable bonds is 15. The van der Waals surface area contributed by atoms with Crippen LogP contribution in [0, 0.1) is 11.7 Å². The van der Waals surface area contributed by atoms with Crippen LogP contribution in [0.5, 0.6) is 11.8 Å². The van der Waals surface area contributed by atoms with Gasteiger partial charge in [0.15, 0.2) is 5.82 Å². The molecular formula is C53H59FN10O10. The molecule has 5 atom stereocenters. The summed E-state index contributed by atoms with van der Waals surface area (Å²) in [6, 6.07) is 18.5. The van der Waals surface area contributed by atoms with Crippen LogP contribution < -0.4 is 30.3 Å². The molecule has 11 rings (SSSR count). The molecular weight excluding hydrogens is 956 g/mol. The third-order valence-electron chi connectivity index (χ3n) is 15.1. The number of likely N-dealkylation sites (N-methyl/N-ethyl adjacent to an activating group) is 1. The van der Waals surface area contributed by atoms with Gasteiger partial charge in [0.05, 0.1) is 29.7 Å². The van der Waals surface area contributed by atoms with E-state index in [2.05, 4.69) is 37.7 Å². The molecule has 6 aliphatic heterocycles. The van der Waals surface area contributed by atoms with Crippen molar-refractivity contribution in [2.45, 2.75) is 75.2 Å². The van der Waals surface area contributed by atoms with Crippen molar-refractivity contribution in [2.24, 2.45) is 5.92 Å². The topological polar surface area (TPSA) is 238 Å². The fourth-order valence-electron chi connectivity index (χ4n) is 11.4. The van der Waals surface area contributed by atoms with Gasteiger partial charge in [-0.15, -0.1) is 0 Å². The number of piperidine rings is 2. The normalized spacial score (nSPS) is 23.2. The number of benzene rings is 3. The molecule has 21 heteroatoms. The van der Waals surface area contributed by atoms with Crippen molar-refractivity contribution in [3.8, 4) is 23.0 Å². The fraction of sp³-hybridized carbons (Fsp3) is 0.453. The van der Waals surface area contributed by atoms with Crippen molar-refractivity contribution in [2.75, 3.05) is 77.6 Å². The predicted octanol–water partition coefficient (Wildman–Crippen LogP) is 3.40. The smallest absolute Gasteiger partial charge is 0.319 e. The highest BCUT2D eigenvalue weighted by atomic mass is 19.1. The second kappa shape index (κ2) is 22.1. The number of piperazine rings is 1. The molecule has 20 nitrogen and oxygen atoms in total. The van der Waals surface area contributed by atoms with Crippen LogP contribution in [0.1, 0.15) is 65.7 Å². The summed E-state index contributed by atoms with van der Waals surface area (Å²) in [5.41, 5.74) is 1.48. The Bertz CT molecular complexity index is 2960. The quantitative estimate of drug-likeness (QED) is 0.0668. The maximum Gasteiger partial charge on any atom is 0.319 e. The highest BCUT2D eigenvalue weighted by Crippen LogP contribution is 2.37. The third kappa shape index (κ3) is 10.5. The minimum absolute atomic E-state index is 0.0164. The Hall–Kier alpha value is -7.20. The zero-order valence-corrected chi connectivity index (χ0v) is 41.0. The van der Waals surface area contributed by atoms with Gasteiger partial charge in [0, 0.05) is 74.4 Å². The van der Waals surface area contributed by atoms with Gasteiger partial charge < -0.3 is 34.9 Å². The number of aromatic nitrogens is 3. The maximum atomic E-state index is 16.9. The first kappa shape index (κ1) is 50.3. The van der Waals surface area contributed by atoms with E-state index >= 15 is 4.39 Å². The average Bonchev–Trinajstić information content (AvgIpc) is 4.04. The largest absolute Gasteiger partial charge is 0.491 e. The van der Waals surface area contributed by atoms with E-state index in [-0.39, 0.29) is 78.7 Å². The summed E-state index contributed by atoms with van der Waals surface area (Å²) >= 11 is 0. The van der Waals surface area contributed by atoms with Gasteiger partial charge in [0.25, 0.3) is 18.3 Å². The van der Waals surface area contributed by atoms with E-state index in [9.17, 15) is 24.0 Å². The van der Waals surface area contributed by atoms with Crippen molar-refractivity contribution < 1.29 is 52.5 Å². The molecule has 5 fully saturated rings. The van der Waals surface area contributed by atoms with Gasteiger partial charge in [-0.3, -0.25) is 53.8 Å². The summed E-state index contributed by atoms with van der Waals surface area (Å²) in [5, 5.41) is 18.3. The summed E-state index contributed by atoms with van der Waals surface area (Å²) in [4.78, 5) is 93.9. The number of likely N-dealkylation sites (tertiary alicyclic amines) is 2. The third-order valence-corrected chi connectivity index (χ3v) is 15.1. The van der Waals surface area contributed by atoms with Crippen LogP contribution in [-0.2, 0) is 23.9 Å². The van der Waals surface area contributed by atoms with Gasteiger partial charge in [-0.05, 0) is 87.6 Å². The Labute approximate surface area is 425 Å². The molecule has 0 radical (unpaired) electrons. The number of hydrogen-bond donors (Lipinski definition) is 4. The second-order valence-corrected chi connectivity index (χ2v) is 19.7. The Morgan fingerprint density at radius 1 is 0.865 bits per heavy atom. The van der Waals surface area contributed by atoms with Gasteiger partial charge >= 0.3 is 6.01 Å². The molecule has 0 saturated carbocycles. The number of carbonyl (C=O) groups excluding carboxylic acids is 5. The number of halogens is 1. The molecule has 4 N–H and O–H groups in total. The van der Waals surface area contributed by atoms with Crippen molar-refractivity contribution in [3.63, 3.8) is 0 Å². The van der Waals surface area contributed by atoms with Crippen LogP contribution in [0.2, 0.25) is 0 Å². The lowest BCUT2D eigenvalue weighted by atomic mass is 9.94. The van der Waals surface area contributed by atoms with Gasteiger partial charge in [0.1, 0.15) is 42.0 Å². The molecule has 3 unspecified atom stereocenters. The molecule has 74 heavy (non-hydrogen) atoms. The minimum Gasteiger partial charge on any atom is -0.491 e. The number of ether oxygens (including phenoxy) is 3. The van der Waals surface area contributed by atoms with Crippen LogP contribution in [0.3, 0.4) is 0 Å². The fourth-order valence-corrected chi connectivity index (χ4v) is 11.4. The van der Waals surface area contributed by atoms with E-state index in [1.165, 1.54) is 12.1 Å². The van der Waals surface area contributed by atoms with E-state index < -0.39 is 35.5 Å². The van der Waals surface area contributed by atoms with E-state index in [0.29, 0.717) is 60.4 Å². The van der Waals surface area contributed by atoms with Gasteiger partial charge in [0.2, 0.25) is 17.7 Å². The van der Waals surface area contributed by atoms with Crippen molar-refractivity contribution >= 4 is 63.5 Å². The summed E-state index contributed by atoms with van der Waals surface area (Å²) in [6.07, 6.45) is 6.43. The lowest BCUT2D eigenvalue weighted by molar-refractivity contribution is -0.136. The molecule has 5 saturated heterocycles. The molecule has 0 spiro atoms. The molecule has 6 aliphatic rings. The standard InChI is InChI=1S/C52H57FN10O8.CH2O2/c1-60-28-34(61-18-15-31(16-19-61)48(65)54-17-20-69-21-22-70-36-11-12-39-40(24-36)51(68)63(50(39)67)42-13-14-43(64)57-49(42)66)23-35(60)29-71-52-58-46-41(47(59-52)62-26-32-9-10-33(27-62)56-32)25-55-45(44(46)53)38-8-4-6-30-5-2-3-7-37(30)38;2-1-3/h2-8,11-12,24-25,31-35,42,56H,9-10,13-23,26-29H2,1H3,(H,54,65)(H,57,64,66);1H,(H,2,3)/t32?,33?,34-,35-,42?;/m0./s1. The number of fused-ring (bicyclic) bond motifs is 5. The van der Waals surface area contributed by atoms with Crippen LogP contribution in [0.15, 0.2) is 66.9 Å². The summed E-state index contributed by atoms with van der Waals surface area (Å²) in [7, 11) is 2.10. The molecule has 0 aliphatic carbocycles. The number of nitrogens with zero attached hydrogens (tertiary/aromatic N) is 7. The molecule has 2 aromatic heterocycles. The summed E-state index contributed by atoms with van der Waals surface area (Å²) in [5.74, 6) is -1.81. The van der Waals surface area contributed by atoms with E-state index in [0.717, 1.165) is 80.5 Å². The first-order valence-electron chi connectivity index (χ1n) is 25.3. The molecule has 5 aromatic rings. The average molecular weight is 1020 g/mol. The number of anilines is 1. The number of nitrogens with one attached hydrogen (secondary N) is 3. The predicted molar refractivity (Wildman–Crippen MR) is 268 cm³/mol. The van der Waals surface area contributed by atoms with Crippen LogP contribution >= 0.6 is 0 Å². The Morgan fingerprint density at radius 2 is 1.62 bits per heavy atom. The number of imide groups is 2.